The van der Waals surface area contributed by atoms with Crippen LogP contribution in [0.5, 0.6) is 5.75 Å². The molecule has 0 saturated heterocycles. The summed E-state index contributed by atoms with van der Waals surface area (Å²) in [7, 11) is 0. The number of rotatable bonds is 8. The summed E-state index contributed by atoms with van der Waals surface area (Å²) in [4.78, 5) is 0. The van der Waals surface area contributed by atoms with Crippen molar-refractivity contribution in [3.63, 3.8) is 0 Å². The lowest BCUT2D eigenvalue weighted by Gasteiger charge is -2.13. The fraction of sp³-hybridized carbons (Fsp3) is 0.500. The highest BCUT2D eigenvalue weighted by atomic mass is 16.5. The van der Waals surface area contributed by atoms with Gasteiger partial charge < -0.3 is 15.2 Å². The van der Waals surface area contributed by atoms with Gasteiger partial charge in [-0.3, -0.25) is 0 Å². The van der Waals surface area contributed by atoms with Crippen LogP contribution in [0.25, 0.3) is 0 Å². The molecule has 0 spiro atoms. The summed E-state index contributed by atoms with van der Waals surface area (Å²) >= 11 is 0. The van der Waals surface area contributed by atoms with Gasteiger partial charge in [0.1, 0.15) is 18.5 Å². The predicted molar refractivity (Wildman–Crippen MR) is 75.7 cm³/mol. The molecule has 0 aliphatic heterocycles. The monoisotopic (exact) mass is 289 g/mol. The van der Waals surface area contributed by atoms with Gasteiger partial charge in [-0.25, -0.2) is 4.68 Å². The van der Waals surface area contributed by atoms with Gasteiger partial charge in [0.05, 0.1) is 12.6 Å². The van der Waals surface area contributed by atoms with Crippen LogP contribution in [0.4, 0.5) is 0 Å². The molecule has 1 unspecified atom stereocenters. The van der Waals surface area contributed by atoms with Crippen LogP contribution < -0.4 is 10.1 Å². The second-order valence-corrected chi connectivity index (χ2v) is 5.18. The highest BCUT2D eigenvalue weighted by Crippen LogP contribution is 2.34. The minimum absolute atomic E-state index is 0.255. The van der Waals surface area contributed by atoms with Crippen LogP contribution in [-0.2, 0) is 6.54 Å². The van der Waals surface area contributed by atoms with Crippen molar-refractivity contribution in [2.75, 3.05) is 13.2 Å². The molecule has 112 valence electrons. The highest BCUT2D eigenvalue weighted by Gasteiger charge is 2.27. The number of aromatic nitrogens is 4. The number of ether oxygens (including phenoxy) is 1. The van der Waals surface area contributed by atoms with Crippen LogP contribution in [0, 0.1) is 0 Å². The van der Waals surface area contributed by atoms with Crippen molar-refractivity contribution < 1.29 is 9.84 Å². The molecule has 0 amide bonds. The van der Waals surface area contributed by atoms with Crippen LogP contribution in [0.3, 0.4) is 0 Å². The molecular formula is C14H19N5O2. The lowest BCUT2D eigenvalue weighted by Crippen LogP contribution is -2.31. The Morgan fingerprint density at radius 2 is 2.14 bits per heavy atom. The minimum Gasteiger partial charge on any atom is -0.491 e. The Balaban J connectivity index is 1.37. The molecule has 0 bridgehead atoms. The number of aliphatic hydroxyl groups excluding tert-OH is 1. The van der Waals surface area contributed by atoms with Gasteiger partial charge in [0.15, 0.2) is 5.82 Å². The van der Waals surface area contributed by atoms with Crippen LogP contribution in [-0.4, -0.2) is 44.6 Å². The molecule has 1 saturated carbocycles. The van der Waals surface area contributed by atoms with E-state index in [1.165, 1.54) is 0 Å². The first kappa shape index (κ1) is 14.0. The topological polar surface area (TPSA) is 85.1 Å². The SMILES string of the molecule is OC(CNCc1nnnn1C1CC1)COc1ccccc1. The standard InChI is InChI=1S/C14H19N5O2/c20-12(10-21-13-4-2-1-3-5-13)8-15-9-14-16-17-18-19(14)11-6-7-11/h1-5,11-12,15,20H,6-10H2. The summed E-state index contributed by atoms with van der Waals surface area (Å²) in [5, 5.41) is 24.7. The normalized spacial score (nSPS) is 15.9. The predicted octanol–water partition coefficient (Wildman–Crippen LogP) is 0.537. The van der Waals surface area contributed by atoms with Crippen LogP contribution in [0.15, 0.2) is 30.3 Å². The lowest BCUT2D eigenvalue weighted by molar-refractivity contribution is 0.106. The summed E-state index contributed by atoms with van der Waals surface area (Å²) in [5.74, 6) is 1.57. The second kappa shape index (κ2) is 6.64. The van der Waals surface area contributed by atoms with Gasteiger partial charge in [0.2, 0.25) is 0 Å². The van der Waals surface area contributed by atoms with E-state index in [1.807, 2.05) is 35.0 Å². The number of nitrogens with one attached hydrogen (secondary N) is 1. The number of hydrogen-bond acceptors (Lipinski definition) is 6. The average Bonchev–Trinajstić information content (AvgIpc) is 3.26. The third kappa shape index (κ3) is 3.99. The Kier molecular flexibility index (Phi) is 4.42. The van der Waals surface area contributed by atoms with E-state index in [0.717, 1.165) is 24.4 Å². The number of aliphatic hydroxyl groups is 1. The maximum Gasteiger partial charge on any atom is 0.165 e. The van der Waals surface area contributed by atoms with Crippen molar-refractivity contribution >= 4 is 0 Å². The Labute approximate surface area is 122 Å². The summed E-state index contributed by atoms with van der Waals surface area (Å²) in [6.07, 6.45) is 1.72. The van der Waals surface area contributed by atoms with Crippen molar-refractivity contribution in [1.29, 1.82) is 0 Å². The summed E-state index contributed by atoms with van der Waals surface area (Å²) in [5.41, 5.74) is 0. The average molecular weight is 289 g/mol. The van der Waals surface area contributed by atoms with Gasteiger partial charge in [-0.1, -0.05) is 18.2 Å². The molecule has 7 nitrogen and oxygen atoms in total. The Hall–Kier alpha value is -1.99. The lowest BCUT2D eigenvalue weighted by atomic mass is 10.3. The molecule has 1 heterocycles. The van der Waals surface area contributed by atoms with Gasteiger partial charge in [0, 0.05) is 6.54 Å². The van der Waals surface area contributed by atoms with Crippen molar-refractivity contribution in [3.8, 4) is 5.75 Å². The van der Waals surface area contributed by atoms with Crippen molar-refractivity contribution in [2.24, 2.45) is 0 Å². The molecule has 1 aliphatic carbocycles. The number of tetrazole rings is 1. The van der Waals surface area contributed by atoms with Gasteiger partial charge in [-0.2, -0.15) is 0 Å². The van der Waals surface area contributed by atoms with Crippen LogP contribution >= 0.6 is 0 Å². The maximum atomic E-state index is 9.88. The van der Waals surface area contributed by atoms with E-state index in [2.05, 4.69) is 20.8 Å². The van der Waals surface area contributed by atoms with Crippen LogP contribution in [0.1, 0.15) is 24.7 Å². The van der Waals surface area contributed by atoms with E-state index in [0.29, 0.717) is 19.1 Å². The first-order valence-corrected chi connectivity index (χ1v) is 7.16. The fourth-order valence-electron chi connectivity index (χ4n) is 2.05. The highest BCUT2D eigenvalue weighted by molar-refractivity contribution is 5.20. The zero-order valence-electron chi connectivity index (χ0n) is 11.7. The van der Waals surface area contributed by atoms with E-state index in [9.17, 15) is 5.11 Å². The molecule has 21 heavy (non-hydrogen) atoms. The maximum absolute atomic E-state index is 9.88. The van der Waals surface area contributed by atoms with Gasteiger partial charge in [-0.15, -0.1) is 5.10 Å². The molecule has 7 heteroatoms. The van der Waals surface area contributed by atoms with Crippen LogP contribution in [0.2, 0.25) is 0 Å². The number of hydrogen-bond donors (Lipinski definition) is 2. The molecule has 1 aromatic heterocycles. The van der Waals surface area contributed by atoms with Gasteiger partial charge in [0.25, 0.3) is 0 Å². The third-order valence-corrected chi connectivity index (χ3v) is 3.30. The van der Waals surface area contributed by atoms with Crippen molar-refractivity contribution in [1.82, 2.24) is 25.5 Å². The number of para-hydroxylation sites is 1. The number of benzene rings is 1. The molecular weight excluding hydrogens is 270 g/mol. The minimum atomic E-state index is -0.574. The summed E-state index contributed by atoms with van der Waals surface area (Å²) < 4.78 is 7.35. The van der Waals surface area contributed by atoms with E-state index in [4.69, 9.17) is 4.74 Å². The largest absolute Gasteiger partial charge is 0.491 e. The van der Waals surface area contributed by atoms with Gasteiger partial charge in [-0.05, 0) is 35.4 Å². The van der Waals surface area contributed by atoms with E-state index >= 15 is 0 Å². The molecule has 3 rings (SSSR count). The smallest absolute Gasteiger partial charge is 0.165 e. The second-order valence-electron chi connectivity index (χ2n) is 5.18. The Bertz CT molecular complexity index is 556. The number of nitrogens with zero attached hydrogens (tertiary/aromatic N) is 4. The first-order chi connectivity index (χ1) is 10.3. The molecule has 1 atom stereocenters. The molecule has 1 aromatic carbocycles. The fourth-order valence-corrected chi connectivity index (χ4v) is 2.05. The van der Waals surface area contributed by atoms with E-state index < -0.39 is 6.10 Å². The molecule has 2 aromatic rings. The molecule has 1 fully saturated rings. The quantitative estimate of drug-likeness (QED) is 0.737. The molecule has 2 N–H and O–H groups in total. The molecule has 1 aliphatic rings. The Morgan fingerprint density at radius 3 is 2.90 bits per heavy atom. The zero-order chi connectivity index (χ0) is 14.5. The first-order valence-electron chi connectivity index (χ1n) is 7.16. The Morgan fingerprint density at radius 1 is 1.33 bits per heavy atom. The summed E-state index contributed by atoms with van der Waals surface area (Å²) in [6, 6.07) is 9.92. The van der Waals surface area contributed by atoms with Gasteiger partial charge >= 0.3 is 0 Å². The van der Waals surface area contributed by atoms with E-state index in [1.54, 1.807) is 0 Å². The van der Waals surface area contributed by atoms with Crippen molar-refractivity contribution in [3.05, 3.63) is 36.2 Å². The molecule has 0 radical (unpaired) electrons. The van der Waals surface area contributed by atoms with E-state index in [-0.39, 0.29) is 6.61 Å². The van der Waals surface area contributed by atoms with Crippen molar-refractivity contribution in [2.45, 2.75) is 31.5 Å². The zero-order valence-corrected chi connectivity index (χ0v) is 11.7. The summed E-state index contributed by atoms with van der Waals surface area (Å²) in [6.45, 7) is 1.24. The third-order valence-electron chi connectivity index (χ3n) is 3.30.